The van der Waals surface area contributed by atoms with Gasteiger partial charge < -0.3 is 18.6 Å². The fourth-order valence-electron chi connectivity index (χ4n) is 10.8. The van der Waals surface area contributed by atoms with Crippen molar-refractivity contribution in [1.29, 1.82) is 0 Å². The van der Waals surface area contributed by atoms with Crippen molar-refractivity contribution < 1.29 is 8.83 Å². The van der Waals surface area contributed by atoms with E-state index in [0.29, 0.717) is 11.8 Å². The number of rotatable bonds is 8. The minimum Gasteiger partial charge on any atom is -0.454 e. The molecule has 62 heavy (non-hydrogen) atoms. The molecule has 0 amide bonds. The molecule has 0 saturated heterocycles. The van der Waals surface area contributed by atoms with Gasteiger partial charge in [0.25, 0.3) is 0 Å². The molecule has 0 N–H and O–H groups in total. The Bertz CT molecular complexity index is 3670. The standard InChI is InChI=1S/C58H42N2O2/c1-3-13-37(14-4-1)59(49-21-11-19-43-39-17-7-9-23-53(39)61-57(43)49)51-33-47(35-25-26-35)41-30-32-46-52(34-48(36-27-28-36)42-29-31-45(51)55(41)56(42)46)60(38-15-5-2-6-16-38)50-22-12-20-44-40-18-8-10-24-54(40)62-58(44)50/h1,3-5,7-24,29-36H,2,6,25-28H2. The number of benzene rings is 9. The van der Waals surface area contributed by atoms with Gasteiger partial charge in [0.15, 0.2) is 11.2 Å². The Hall–Kier alpha value is -7.30. The van der Waals surface area contributed by atoms with Gasteiger partial charge in [0, 0.05) is 43.7 Å². The average Bonchev–Trinajstić information content (AvgIpc) is 4.28. The smallest absolute Gasteiger partial charge is 0.159 e. The van der Waals surface area contributed by atoms with Crippen LogP contribution in [-0.2, 0) is 0 Å². The topological polar surface area (TPSA) is 32.8 Å². The minimum absolute atomic E-state index is 0.528. The zero-order chi connectivity index (χ0) is 40.5. The monoisotopic (exact) mass is 798 g/mol. The number of furan rings is 2. The van der Waals surface area contributed by atoms with Crippen LogP contribution in [0.25, 0.3) is 76.2 Å². The van der Waals surface area contributed by atoms with Crippen LogP contribution in [0.15, 0.2) is 184 Å². The van der Waals surface area contributed by atoms with Crippen molar-refractivity contribution in [3.8, 4) is 0 Å². The fraction of sp³-hybridized carbons (Fsp3) is 0.138. The van der Waals surface area contributed by atoms with E-state index in [2.05, 4.69) is 180 Å². The first-order chi connectivity index (χ1) is 30.8. The number of allylic oxidation sites excluding steroid dienone is 3. The van der Waals surface area contributed by atoms with Crippen molar-refractivity contribution in [2.24, 2.45) is 0 Å². The molecule has 11 aromatic rings. The number of para-hydroxylation sites is 5. The van der Waals surface area contributed by atoms with E-state index >= 15 is 0 Å². The van der Waals surface area contributed by atoms with E-state index in [-0.39, 0.29) is 0 Å². The normalized spacial score (nSPS) is 15.6. The Kier molecular flexibility index (Phi) is 7.27. The van der Waals surface area contributed by atoms with Crippen LogP contribution in [0, 0.1) is 0 Å². The molecule has 2 saturated carbocycles. The molecule has 3 aliphatic carbocycles. The first-order valence-electron chi connectivity index (χ1n) is 22.4. The van der Waals surface area contributed by atoms with Gasteiger partial charge in [-0.15, -0.1) is 0 Å². The van der Waals surface area contributed by atoms with E-state index < -0.39 is 0 Å². The van der Waals surface area contributed by atoms with Crippen molar-refractivity contribution in [3.05, 3.63) is 187 Å². The molecule has 0 aliphatic heterocycles. The fourth-order valence-corrected chi connectivity index (χ4v) is 10.8. The molecule has 0 atom stereocenters. The van der Waals surface area contributed by atoms with Crippen molar-refractivity contribution in [3.63, 3.8) is 0 Å². The first kappa shape index (κ1) is 34.4. The summed E-state index contributed by atoms with van der Waals surface area (Å²) in [6.07, 6.45) is 14.0. The predicted molar refractivity (Wildman–Crippen MR) is 258 cm³/mol. The van der Waals surface area contributed by atoms with E-state index in [1.807, 2.05) is 0 Å². The SMILES string of the molecule is C1=CC(N(c2cc(C3CC3)c3ccc4c(N(c5ccccc5)c5cccc6c5oc5ccccc56)cc(C5CC5)c5ccc2c3c54)c2cccc3c2oc2ccccc23)=CCC1. The summed E-state index contributed by atoms with van der Waals surface area (Å²) in [7, 11) is 0. The molecule has 4 nitrogen and oxygen atoms in total. The van der Waals surface area contributed by atoms with Crippen molar-refractivity contribution in [2.45, 2.75) is 50.4 Å². The van der Waals surface area contributed by atoms with Crippen LogP contribution in [0.5, 0.6) is 0 Å². The van der Waals surface area contributed by atoms with Crippen LogP contribution >= 0.6 is 0 Å². The van der Waals surface area contributed by atoms with Crippen LogP contribution in [0.2, 0.25) is 0 Å². The lowest BCUT2D eigenvalue weighted by Gasteiger charge is -2.31. The van der Waals surface area contributed by atoms with Crippen LogP contribution in [-0.4, -0.2) is 0 Å². The van der Waals surface area contributed by atoms with E-state index in [9.17, 15) is 0 Å². The van der Waals surface area contributed by atoms with Gasteiger partial charge in [-0.05, 0) is 138 Å². The Morgan fingerprint density at radius 3 is 1.45 bits per heavy atom. The Morgan fingerprint density at radius 1 is 0.403 bits per heavy atom. The average molecular weight is 799 g/mol. The molecule has 0 radical (unpaired) electrons. The van der Waals surface area contributed by atoms with Gasteiger partial charge in [0.2, 0.25) is 0 Å². The van der Waals surface area contributed by atoms with E-state index in [1.165, 1.54) is 86.2 Å². The highest BCUT2D eigenvalue weighted by molar-refractivity contribution is 6.30. The van der Waals surface area contributed by atoms with Gasteiger partial charge in [-0.1, -0.05) is 115 Å². The first-order valence-corrected chi connectivity index (χ1v) is 22.4. The van der Waals surface area contributed by atoms with Crippen LogP contribution in [0.1, 0.15) is 61.5 Å². The maximum Gasteiger partial charge on any atom is 0.159 e. The summed E-state index contributed by atoms with van der Waals surface area (Å²) in [6, 6.07) is 55.8. The summed E-state index contributed by atoms with van der Waals surface area (Å²) in [4.78, 5) is 4.98. The molecule has 3 aliphatic rings. The zero-order valence-corrected chi connectivity index (χ0v) is 34.3. The Balaban J connectivity index is 1.09. The maximum atomic E-state index is 6.81. The van der Waals surface area contributed by atoms with Gasteiger partial charge >= 0.3 is 0 Å². The summed E-state index contributed by atoms with van der Waals surface area (Å²) in [5.41, 5.74) is 13.4. The summed E-state index contributed by atoms with van der Waals surface area (Å²) in [5.74, 6) is 1.06. The van der Waals surface area contributed by atoms with Crippen molar-refractivity contribution in [2.75, 3.05) is 9.80 Å². The largest absolute Gasteiger partial charge is 0.454 e. The highest BCUT2D eigenvalue weighted by Crippen LogP contribution is 2.56. The molecule has 2 aromatic heterocycles. The molecule has 296 valence electrons. The lowest BCUT2D eigenvalue weighted by Crippen LogP contribution is -2.17. The lowest BCUT2D eigenvalue weighted by atomic mass is 9.86. The van der Waals surface area contributed by atoms with Gasteiger partial charge in [-0.3, -0.25) is 0 Å². The summed E-state index contributed by atoms with van der Waals surface area (Å²) < 4.78 is 13.6. The number of hydrogen-bond acceptors (Lipinski definition) is 4. The second-order valence-corrected chi connectivity index (χ2v) is 17.7. The number of anilines is 5. The number of hydrogen-bond donors (Lipinski definition) is 0. The number of fused-ring (bicyclic) bond motifs is 6. The molecule has 2 heterocycles. The van der Waals surface area contributed by atoms with Crippen molar-refractivity contribution >= 4 is 105 Å². The van der Waals surface area contributed by atoms with E-state index in [1.54, 1.807) is 0 Å². The highest BCUT2D eigenvalue weighted by Gasteiger charge is 2.34. The Labute approximate surface area is 358 Å². The predicted octanol–water partition coefficient (Wildman–Crippen LogP) is 17.0. The Morgan fingerprint density at radius 2 is 0.903 bits per heavy atom. The van der Waals surface area contributed by atoms with Gasteiger partial charge in [-0.2, -0.15) is 0 Å². The van der Waals surface area contributed by atoms with Crippen LogP contribution < -0.4 is 9.80 Å². The summed E-state index contributed by atoms with van der Waals surface area (Å²) in [5, 5.41) is 12.5. The molecule has 0 spiro atoms. The van der Waals surface area contributed by atoms with Crippen LogP contribution in [0.4, 0.5) is 28.4 Å². The van der Waals surface area contributed by atoms with Crippen LogP contribution in [0.3, 0.4) is 0 Å². The minimum atomic E-state index is 0.528. The molecular weight excluding hydrogens is 757 g/mol. The molecule has 2 fully saturated rings. The quantitative estimate of drug-likeness (QED) is 0.143. The highest BCUT2D eigenvalue weighted by atomic mass is 16.3. The molecular formula is C58H42N2O2. The molecule has 4 heteroatoms. The second kappa shape index (κ2) is 13.1. The van der Waals surface area contributed by atoms with E-state index in [0.717, 1.165) is 73.8 Å². The molecule has 0 unspecified atom stereocenters. The zero-order valence-electron chi connectivity index (χ0n) is 34.3. The number of nitrogens with zero attached hydrogens (tertiary/aromatic N) is 2. The van der Waals surface area contributed by atoms with Gasteiger partial charge in [-0.25, -0.2) is 0 Å². The third-order valence-corrected chi connectivity index (χ3v) is 13.9. The molecule has 0 bridgehead atoms. The second-order valence-electron chi connectivity index (χ2n) is 17.7. The third-order valence-electron chi connectivity index (χ3n) is 13.9. The lowest BCUT2D eigenvalue weighted by molar-refractivity contribution is 0.668. The van der Waals surface area contributed by atoms with Crippen molar-refractivity contribution in [1.82, 2.24) is 0 Å². The van der Waals surface area contributed by atoms with E-state index in [4.69, 9.17) is 8.83 Å². The summed E-state index contributed by atoms with van der Waals surface area (Å²) in [6.45, 7) is 0. The molecule has 9 aromatic carbocycles. The van der Waals surface area contributed by atoms with Gasteiger partial charge in [0.1, 0.15) is 11.2 Å². The summed E-state index contributed by atoms with van der Waals surface area (Å²) >= 11 is 0. The molecule has 14 rings (SSSR count). The van der Waals surface area contributed by atoms with Gasteiger partial charge in [0.05, 0.1) is 22.7 Å². The third kappa shape index (κ3) is 5.07. The maximum absolute atomic E-state index is 6.81.